The molecule has 3 heterocycles. The molecule has 0 saturated heterocycles. The molecule has 0 aromatic carbocycles. The van der Waals surface area contributed by atoms with Crippen LogP contribution in [0.3, 0.4) is 0 Å². The lowest BCUT2D eigenvalue weighted by Gasteiger charge is -2.13. The summed E-state index contributed by atoms with van der Waals surface area (Å²) in [6, 6.07) is 0. The molecule has 0 aliphatic rings. The first-order valence-electron chi connectivity index (χ1n) is 8.85. The van der Waals surface area contributed by atoms with E-state index < -0.39 is 10.0 Å². The quantitative estimate of drug-likeness (QED) is 0.620. The summed E-state index contributed by atoms with van der Waals surface area (Å²) in [7, 11) is 0.924. The van der Waals surface area contributed by atoms with Crippen molar-refractivity contribution in [1.82, 2.24) is 24.1 Å². The first-order valence-corrected chi connectivity index (χ1v) is 11.2. The second-order valence-electron chi connectivity index (χ2n) is 6.41. The Hall–Kier alpha value is -2.24. The molecule has 0 radical (unpaired) electrons. The van der Waals surface area contributed by atoms with Gasteiger partial charge in [0.15, 0.2) is 17.1 Å². The summed E-state index contributed by atoms with van der Waals surface area (Å²) in [5, 5.41) is 5.92. The maximum atomic E-state index is 12.7. The van der Waals surface area contributed by atoms with Gasteiger partial charge in [0, 0.05) is 26.5 Å². The lowest BCUT2D eigenvalue weighted by atomic mass is 10.2. The molecule has 11 heteroatoms. The molecule has 0 aliphatic carbocycles. The Morgan fingerprint density at radius 2 is 2.04 bits per heavy atom. The van der Waals surface area contributed by atoms with E-state index in [1.165, 1.54) is 35.5 Å². The van der Waals surface area contributed by atoms with Crippen molar-refractivity contribution in [2.45, 2.75) is 31.6 Å². The van der Waals surface area contributed by atoms with Crippen LogP contribution in [0.1, 0.15) is 26.0 Å². The van der Waals surface area contributed by atoms with Crippen LogP contribution in [0.25, 0.3) is 21.7 Å². The van der Waals surface area contributed by atoms with Crippen LogP contribution in [0.4, 0.5) is 0 Å². The fourth-order valence-corrected chi connectivity index (χ4v) is 5.21. The summed E-state index contributed by atoms with van der Waals surface area (Å²) < 4.78 is 33.6. The van der Waals surface area contributed by atoms with Crippen molar-refractivity contribution < 1.29 is 13.2 Å². The molecule has 28 heavy (non-hydrogen) atoms. The Kier molecular flexibility index (Phi) is 5.60. The van der Waals surface area contributed by atoms with Gasteiger partial charge in [-0.15, -0.1) is 11.3 Å². The zero-order valence-corrected chi connectivity index (χ0v) is 18.1. The fourth-order valence-electron chi connectivity index (χ4n) is 2.91. The maximum Gasteiger partial charge on any atom is 0.277 e. The number of sulfonamides is 1. The number of H-pyrrole nitrogens is 1. The van der Waals surface area contributed by atoms with E-state index in [2.05, 4.69) is 15.1 Å². The standard InChI is InChI=1S/C17H23N5O4S2/c1-6-8-10-12-13(22(5)20-10)17(23)19-16(18-12)15-14(26-7-2)11(9-27-15)28(24,25)21(3)4/h9H,6-8H2,1-5H3,(H,18,19,23). The second-order valence-corrected chi connectivity index (χ2v) is 9.41. The van der Waals surface area contributed by atoms with E-state index in [-0.39, 0.29) is 28.6 Å². The minimum atomic E-state index is -3.70. The van der Waals surface area contributed by atoms with Gasteiger partial charge in [0.2, 0.25) is 10.0 Å². The van der Waals surface area contributed by atoms with E-state index in [4.69, 9.17) is 4.74 Å². The Labute approximate surface area is 167 Å². The number of nitrogens with zero attached hydrogens (tertiary/aromatic N) is 4. The highest BCUT2D eigenvalue weighted by Gasteiger charge is 2.28. The Balaban J connectivity index is 2.27. The molecule has 0 amide bonds. The molecule has 0 fully saturated rings. The Bertz CT molecular complexity index is 1170. The number of hydrogen-bond acceptors (Lipinski definition) is 7. The Morgan fingerprint density at radius 1 is 1.32 bits per heavy atom. The van der Waals surface area contributed by atoms with E-state index in [0.29, 0.717) is 22.3 Å². The third-order valence-corrected chi connectivity index (χ3v) is 7.16. The fraction of sp³-hybridized carbons (Fsp3) is 0.471. The normalized spacial score (nSPS) is 12.2. The lowest BCUT2D eigenvalue weighted by molar-refractivity contribution is 0.333. The number of hydrogen-bond donors (Lipinski definition) is 1. The van der Waals surface area contributed by atoms with Gasteiger partial charge in [-0.1, -0.05) is 13.3 Å². The van der Waals surface area contributed by atoms with Crippen molar-refractivity contribution >= 4 is 32.4 Å². The largest absolute Gasteiger partial charge is 0.491 e. The highest BCUT2D eigenvalue weighted by atomic mass is 32.2. The summed E-state index contributed by atoms with van der Waals surface area (Å²) in [6.07, 6.45) is 1.56. The third-order valence-electron chi connectivity index (χ3n) is 4.23. The number of nitrogens with one attached hydrogen (secondary N) is 1. The zero-order chi connectivity index (χ0) is 20.6. The molecule has 0 spiro atoms. The van der Waals surface area contributed by atoms with Crippen molar-refractivity contribution in [2.75, 3.05) is 20.7 Å². The number of ether oxygens (including phenoxy) is 1. The van der Waals surface area contributed by atoms with Crippen LogP contribution in [0.15, 0.2) is 15.1 Å². The van der Waals surface area contributed by atoms with Gasteiger partial charge in [0.05, 0.1) is 12.3 Å². The highest BCUT2D eigenvalue weighted by molar-refractivity contribution is 7.89. The smallest absolute Gasteiger partial charge is 0.277 e. The van der Waals surface area contributed by atoms with Crippen LogP contribution < -0.4 is 10.3 Å². The molecule has 0 atom stereocenters. The molecule has 3 rings (SSSR count). The molecule has 0 aliphatic heterocycles. The molecule has 1 N–H and O–H groups in total. The molecule has 0 bridgehead atoms. The van der Waals surface area contributed by atoms with E-state index in [1.807, 2.05) is 6.92 Å². The number of thiophene rings is 1. The SMILES string of the molecule is CCCc1nn(C)c2c(=O)[nH]c(-c3scc(S(=O)(=O)N(C)C)c3OCC)nc12. The lowest BCUT2D eigenvalue weighted by Crippen LogP contribution is -2.22. The minimum absolute atomic E-state index is 0.0575. The molecule has 9 nitrogen and oxygen atoms in total. The second kappa shape index (κ2) is 7.64. The number of fused-ring (bicyclic) bond motifs is 1. The third kappa shape index (κ3) is 3.33. The highest BCUT2D eigenvalue weighted by Crippen LogP contribution is 2.41. The number of aromatic nitrogens is 4. The van der Waals surface area contributed by atoms with Crippen molar-refractivity contribution in [3.8, 4) is 16.5 Å². The van der Waals surface area contributed by atoms with Gasteiger partial charge in [0.25, 0.3) is 5.56 Å². The van der Waals surface area contributed by atoms with Gasteiger partial charge in [-0.05, 0) is 13.3 Å². The van der Waals surface area contributed by atoms with Gasteiger partial charge in [-0.25, -0.2) is 17.7 Å². The van der Waals surface area contributed by atoms with Gasteiger partial charge in [0.1, 0.15) is 15.3 Å². The van der Waals surface area contributed by atoms with E-state index in [9.17, 15) is 13.2 Å². The summed E-state index contributed by atoms with van der Waals surface area (Å²) in [4.78, 5) is 20.6. The van der Waals surface area contributed by atoms with Gasteiger partial charge in [-0.3, -0.25) is 9.48 Å². The van der Waals surface area contributed by atoms with Crippen LogP contribution >= 0.6 is 11.3 Å². The van der Waals surface area contributed by atoms with Crippen molar-refractivity contribution in [3.05, 3.63) is 21.4 Å². The first-order chi connectivity index (χ1) is 13.2. The van der Waals surface area contributed by atoms with Gasteiger partial charge < -0.3 is 9.72 Å². The van der Waals surface area contributed by atoms with Crippen LogP contribution in [0.5, 0.6) is 5.75 Å². The number of aryl methyl sites for hydroxylation is 2. The van der Waals surface area contributed by atoms with Crippen LogP contribution in [0.2, 0.25) is 0 Å². The molecule has 3 aromatic heterocycles. The maximum absolute atomic E-state index is 12.7. The van der Waals surface area contributed by atoms with Gasteiger partial charge >= 0.3 is 0 Å². The summed E-state index contributed by atoms with van der Waals surface area (Å²) in [6.45, 7) is 4.08. The predicted molar refractivity (Wildman–Crippen MR) is 108 cm³/mol. The monoisotopic (exact) mass is 425 g/mol. The van der Waals surface area contributed by atoms with Crippen molar-refractivity contribution in [2.24, 2.45) is 7.05 Å². The van der Waals surface area contributed by atoms with Crippen LogP contribution in [-0.4, -0.2) is 53.2 Å². The molecule has 0 unspecified atom stereocenters. The van der Waals surface area contributed by atoms with Crippen LogP contribution in [-0.2, 0) is 23.5 Å². The number of aromatic amines is 1. The molecular formula is C17H23N5O4S2. The van der Waals surface area contributed by atoms with Crippen molar-refractivity contribution in [1.29, 1.82) is 0 Å². The predicted octanol–water partition coefficient (Wildman–Crippen LogP) is 1.99. The van der Waals surface area contributed by atoms with Crippen LogP contribution in [0, 0.1) is 0 Å². The minimum Gasteiger partial charge on any atom is -0.491 e. The first kappa shape index (κ1) is 20.5. The van der Waals surface area contributed by atoms with E-state index >= 15 is 0 Å². The zero-order valence-electron chi connectivity index (χ0n) is 16.4. The molecular weight excluding hydrogens is 402 g/mol. The molecule has 152 valence electrons. The van der Waals surface area contributed by atoms with E-state index in [1.54, 1.807) is 14.0 Å². The average molecular weight is 426 g/mol. The Morgan fingerprint density at radius 3 is 2.64 bits per heavy atom. The van der Waals surface area contributed by atoms with E-state index in [0.717, 1.165) is 16.4 Å². The van der Waals surface area contributed by atoms with Gasteiger partial charge in [-0.2, -0.15) is 5.10 Å². The summed E-state index contributed by atoms with van der Waals surface area (Å²) in [5.41, 5.74) is 1.33. The van der Waals surface area contributed by atoms with Crippen molar-refractivity contribution in [3.63, 3.8) is 0 Å². The summed E-state index contributed by atoms with van der Waals surface area (Å²) in [5.74, 6) is 0.473. The summed E-state index contributed by atoms with van der Waals surface area (Å²) >= 11 is 1.17. The molecule has 0 saturated carbocycles. The number of rotatable bonds is 7. The molecule has 3 aromatic rings. The average Bonchev–Trinajstić information content (AvgIpc) is 3.18. The topological polar surface area (TPSA) is 110 Å².